The van der Waals surface area contributed by atoms with Crippen LogP contribution in [0.3, 0.4) is 0 Å². The van der Waals surface area contributed by atoms with Gasteiger partial charge in [0.05, 0.1) is 10.6 Å². The van der Waals surface area contributed by atoms with E-state index in [2.05, 4.69) is 10.3 Å². The molecule has 2 N–H and O–H groups in total. The largest absolute Gasteiger partial charge is 0.396 e. The average molecular weight is 310 g/mol. The Balaban J connectivity index is 2.15. The molecule has 0 saturated carbocycles. The van der Waals surface area contributed by atoms with Crippen LogP contribution in [-0.4, -0.2) is 28.6 Å². The van der Waals surface area contributed by atoms with Gasteiger partial charge in [-0.1, -0.05) is 13.0 Å². The van der Waals surface area contributed by atoms with Crippen molar-refractivity contribution >= 4 is 28.6 Å². The van der Waals surface area contributed by atoms with Crippen LogP contribution in [0.25, 0.3) is 9.88 Å². The molecule has 0 aliphatic carbocycles. The normalized spacial score (nSPS) is 14.0. The molecule has 4 nitrogen and oxygen atoms in total. The van der Waals surface area contributed by atoms with E-state index in [9.17, 15) is 4.79 Å². The Morgan fingerprint density at radius 3 is 2.85 bits per heavy atom. The van der Waals surface area contributed by atoms with Crippen LogP contribution in [0.4, 0.5) is 0 Å². The van der Waals surface area contributed by atoms with Gasteiger partial charge in [-0.3, -0.25) is 4.79 Å². The molecular weight excluding hydrogens is 292 g/mol. The lowest BCUT2D eigenvalue weighted by molar-refractivity contribution is 0.0919. The van der Waals surface area contributed by atoms with E-state index in [4.69, 9.17) is 5.11 Å². The molecule has 0 radical (unpaired) electrons. The molecule has 0 saturated heterocycles. The summed E-state index contributed by atoms with van der Waals surface area (Å²) in [7, 11) is 0. The first kappa shape index (κ1) is 15.2. The topological polar surface area (TPSA) is 62.2 Å². The zero-order valence-corrected chi connectivity index (χ0v) is 13.3. The molecule has 6 heteroatoms. The summed E-state index contributed by atoms with van der Waals surface area (Å²) in [5.74, 6) is -0.0837. The van der Waals surface area contributed by atoms with Gasteiger partial charge in [0.1, 0.15) is 9.88 Å². The van der Waals surface area contributed by atoms with Crippen molar-refractivity contribution in [3.63, 3.8) is 0 Å². The maximum absolute atomic E-state index is 12.3. The molecule has 0 aromatic carbocycles. The first-order valence-electron chi connectivity index (χ1n) is 6.46. The second-order valence-electron chi connectivity index (χ2n) is 4.83. The number of rotatable bonds is 5. The average Bonchev–Trinajstić information content (AvgIpc) is 3.06. The van der Waals surface area contributed by atoms with E-state index in [1.54, 1.807) is 11.3 Å². The number of hydrogen-bond acceptors (Lipinski definition) is 5. The quantitative estimate of drug-likeness (QED) is 0.892. The number of aromatic nitrogens is 1. The number of aliphatic hydroxyl groups is 1. The van der Waals surface area contributed by atoms with Crippen LogP contribution in [0.2, 0.25) is 0 Å². The summed E-state index contributed by atoms with van der Waals surface area (Å²) in [6, 6.07) is 3.90. The zero-order chi connectivity index (χ0) is 14.7. The van der Waals surface area contributed by atoms with Gasteiger partial charge in [0.25, 0.3) is 5.91 Å². The third-order valence-corrected chi connectivity index (χ3v) is 5.43. The molecule has 108 valence electrons. The minimum atomic E-state index is -0.115. The van der Waals surface area contributed by atoms with Crippen molar-refractivity contribution < 1.29 is 9.90 Å². The number of aryl methyl sites for hydroxylation is 1. The smallest absolute Gasteiger partial charge is 0.263 e. The van der Waals surface area contributed by atoms with Crippen molar-refractivity contribution in [2.75, 3.05) is 6.61 Å². The van der Waals surface area contributed by atoms with E-state index in [1.807, 2.05) is 38.3 Å². The molecule has 0 aliphatic heterocycles. The van der Waals surface area contributed by atoms with E-state index in [0.29, 0.717) is 4.88 Å². The van der Waals surface area contributed by atoms with Crippen LogP contribution in [-0.2, 0) is 0 Å². The van der Waals surface area contributed by atoms with E-state index in [1.165, 1.54) is 11.3 Å². The van der Waals surface area contributed by atoms with Crippen molar-refractivity contribution in [3.8, 4) is 9.88 Å². The molecule has 2 rings (SSSR count). The summed E-state index contributed by atoms with van der Waals surface area (Å²) in [6.45, 7) is 5.71. The van der Waals surface area contributed by atoms with Crippen LogP contribution >= 0.6 is 22.7 Å². The highest BCUT2D eigenvalue weighted by Gasteiger charge is 2.20. The third kappa shape index (κ3) is 3.26. The number of carbonyl (C=O) groups excluding carboxylic acids is 1. The van der Waals surface area contributed by atoms with Crippen molar-refractivity contribution in [2.24, 2.45) is 5.92 Å². The first-order valence-corrected chi connectivity index (χ1v) is 8.15. The molecule has 0 fully saturated rings. The third-order valence-electron chi connectivity index (χ3n) is 3.24. The monoisotopic (exact) mass is 310 g/mol. The van der Waals surface area contributed by atoms with Crippen molar-refractivity contribution in [1.29, 1.82) is 0 Å². The van der Waals surface area contributed by atoms with Gasteiger partial charge in [-0.2, -0.15) is 0 Å². The summed E-state index contributed by atoms with van der Waals surface area (Å²) < 4.78 is 0. The van der Waals surface area contributed by atoms with Crippen LogP contribution in [0.1, 0.15) is 29.2 Å². The summed E-state index contributed by atoms with van der Waals surface area (Å²) in [4.78, 5) is 18.4. The predicted octanol–water partition coefficient (Wildman–Crippen LogP) is 2.93. The van der Waals surface area contributed by atoms with E-state index in [0.717, 1.165) is 15.6 Å². The van der Waals surface area contributed by atoms with Crippen LogP contribution in [0.5, 0.6) is 0 Å². The molecule has 0 spiro atoms. The highest BCUT2D eigenvalue weighted by atomic mass is 32.1. The second kappa shape index (κ2) is 6.47. The Labute approximate surface area is 126 Å². The second-order valence-corrected chi connectivity index (χ2v) is 6.78. The maximum atomic E-state index is 12.3. The van der Waals surface area contributed by atoms with E-state index < -0.39 is 0 Å². The molecular formula is C14H18N2O2S2. The number of carbonyl (C=O) groups is 1. The van der Waals surface area contributed by atoms with Crippen molar-refractivity contribution in [3.05, 3.63) is 28.1 Å². The minimum absolute atomic E-state index is 0.0314. The van der Waals surface area contributed by atoms with Crippen molar-refractivity contribution in [2.45, 2.75) is 26.8 Å². The van der Waals surface area contributed by atoms with Gasteiger partial charge in [-0.25, -0.2) is 4.98 Å². The lowest BCUT2D eigenvalue weighted by Crippen LogP contribution is -2.38. The van der Waals surface area contributed by atoms with Crippen LogP contribution in [0, 0.1) is 12.8 Å². The summed E-state index contributed by atoms with van der Waals surface area (Å²) in [6.07, 6.45) is 0. The number of aliphatic hydroxyl groups excluding tert-OH is 1. The van der Waals surface area contributed by atoms with Gasteiger partial charge in [-0.15, -0.1) is 22.7 Å². The maximum Gasteiger partial charge on any atom is 0.263 e. The molecule has 0 bridgehead atoms. The van der Waals surface area contributed by atoms with Gasteiger partial charge < -0.3 is 10.4 Å². The molecule has 2 heterocycles. The number of nitrogens with zero attached hydrogens (tertiary/aromatic N) is 1. The number of thiazole rings is 1. The fourth-order valence-corrected chi connectivity index (χ4v) is 3.45. The summed E-state index contributed by atoms with van der Waals surface area (Å²) in [5.41, 5.74) is 0.750. The van der Waals surface area contributed by atoms with Gasteiger partial charge in [0.2, 0.25) is 0 Å². The summed E-state index contributed by atoms with van der Waals surface area (Å²) in [5, 5.41) is 14.9. The Hall–Kier alpha value is -1.24. The fraction of sp³-hybridized carbons (Fsp3) is 0.429. The van der Waals surface area contributed by atoms with Gasteiger partial charge in [0, 0.05) is 12.6 Å². The Kier molecular flexibility index (Phi) is 4.91. The zero-order valence-electron chi connectivity index (χ0n) is 11.7. The molecule has 0 aliphatic rings. The molecule has 2 aromatic heterocycles. The standard InChI is InChI=1S/C14H18N2O2S2/c1-8(7-17)9(2)15-13(18)12-10(3)16-14(20-12)11-5-4-6-19-11/h4-6,8-9,17H,7H2,1-3H3,(H,15,18). The lowest BCUT2D eigenvalue weighted by Gasteiger charge is -2.18. The number of thiophene rings is 1. The number of hydrogen-bond donors (Lipinski definition) is 2. The van der Waals surface area contributed by atoms with Gasteiger partial charge >= 0.3 is 0 Å². The molecule has 2 aromatic rings. The highest BCUT2D eigenvalue weighted by molar-refractivity contribution is 7.22. The lowest BCUT2D eigenvalue weighted by atomic mass is 10.1. The van der Waals surface area contributed by atoms with Gasteiger partial charge in [0.15, 0.2) is 0 Å². The van der Waals surface area contributed by atoms with E-state index in [-0.39, 0.29) is 24.5 Å². The van der Waals surface area contributed by atoms with Crippen molar-refractivity contribution in [1.82, 2.24) is 10.3 Å². The Morgan fingerprint density at radius 1 is 1.50 bits per heavy atom. The number of nitrogens with one attached hydrogen (secondary N) is 1. The molecule has 20 heavy (non-hydrogen) atoms. The number of amides is 1. The Bertz CT molecular complexity index is 578. The molecule has 2 unspecified atom stereocenters. The highest BCUT2D eigenvalue weighted by Crippen LogP contribution is 2.31. The predicted molar refractivity (Wildman–Crippen MR) is 83.3 cm³/mol. The Morgan fingerprint density at radius 2 is 2.25 bits per heavy atom. The van der Waals surface area contributed by atoms with Crippen LogP contribution < -0.4 is 5.32 Å². The van der Waals surface area contributed by atoms with Gasteiger partial charge in [-0.05, 0) is 31.2 Å². The van der Waals surface area contributed by atoms with E-state index >= 15 is 0 Å². The fourth-order valence-electron chi connectivity index (χ4n) is 1.69. The summed E-state index contributed by atoms with van der Waals surface area (Å²) >= 11 is 3.03. The molecule has 2 atom stereocenters. The first-order chi connectivity index (χ1) is 9.52. The molecule has 1 amide bonds. The van der Waals surface area contributed by atoms with Crippen LogP contribution in [0.15, 0.2) is 17.5 Å². The minimum Gasteiger partial charge on any atom is -0.396 e. The SMILES string of the molecule is Cc1nc(-c2cccs2)sc1C(=O)NC(C)C(C)CO.